The maximum absolute atomic E-state index is 11.1. The van der Waals surface area contributed by atoms with Crippen LogP contribution >= 0.6 is 0 Å². The smallest absolute Gasteiger partial charge is 0.328 e. The maximum Gasteiger partial charge on any atom is 0.328 e. The first-order chi connectivity index (χ1) is 9.09. The highest BCUT2D eigenvalue weighted by Gasteiger charge is 2.15. The van der Waals surface area contributed by atoms with E-state index < -0.39 is 18.0 Å². The van der Waals surface area contributed by atoms with Gasteiger partial charge in [0.05, 0.1) is 0 Å². The molecule has 1 rings (SSSR count). The number of aliphatic imine (C=N–C) groups is 1. The van der Waals surface area contributed by atoms with Crippen LogP contribution in [0.3, 0.4) is 0 Å². The molecule has 0 saturated heterocycles. The van der Waals surface area contributed by atoms with E-state index in [9.17, 15) is 9.59 Å². The fraction of sp³-hybridized carbons (Fsp3) is 0.357. The fourth-order valence-corrected chi connectivity index (χ4v) is 1.59. The summed E-state index contributed by atoms with van der Waals surface area (Å²) in [7, 11) is 0. The van der Waals surface area contributed by atoms with E-state index in [4.69, 9.17) is 10.2 Å². The Kier molecular flexibility index (Phi) is 6.29. The van der Waals surface area contributed by atoms with Gasteiger partial charge in [0, 0.05) is 12.8 Å². The van der Waals surface area contributed by atoms with Gasteiger partial charge >= 0.3 is 11.9 Å². The predicted molar refractivity (Wildman–Crippen MR) is 71.5 cm³/mol. The van der Waals surface area contributed by atoms with Gasteiger partial charge in [0.15, 0.2) is 6.04 Å². The first-order valence-corrected chi connectivity index (χ1v) is 6.09. The number of benzene rings is 1. The average Bonchev–Trinajstić information content (AvgIpc) is 2.37. The topological polar surface area (TPSA) is 87.0 Å². The molecule has 0 saturated carbocycles. The van der Waals surface area contributed by atoms with Gasteiger partial charge in [-0.2, -0.15) is 0 Å². The average molecular weight is 263 g/mol. The molecule has 5 nitrogen and oxygen atoms in total. The molecule has 0 bridgehead atoms. The normalized spacial score (nSPS) is 12.4. The monoisotopic (exact) mass is 263 g/mol. The Morgan fingerprint density at radius 2 is 1.89 bits per heavy atom. The number of carboxylic acid groups (broad SMARTS) is 2. The fourth-order valence-electron chi connectivity index (χ4n) is 1.59. The number of unbranched alkanes of at least 4 members (excludes halogenated alkanes) is 1. The Hall–Kier alpha value is -2.17. The van der Waals surface area contributed by atoms with Gasteiger partial charge in [0.1, 0.15) is 0 Å². The summed E-state index contributed by atoms with van der Waals surface area (Å²) in [5.41, 5.74) is 0.914. The van der Waals surface area contributed by atoms with Crippen molar-refractivity contribution in [2.24, 2.45) is 4.99 Å². The van der Waals surface area contributed by atoms with Crippen LogP contribution in [-0.2, 0) is 16.0 Å². The Bertz CT molecular complexity index is 442. The van der Waals surface area contributed by atoms with Crippen molar-refractivity contribution in [2.75, 3.05) is 0 Å². The Morgan fingerprint density at radius 3 is 2.47 bits per heavy atom. The van der Waals surface area contributed by atoms with Crippen LogP contribution in [0.2, 0.25) is 0 Å². The van der Waals surface area contributed by atoms with Crippen molar-refractivity contribution >= 4 is 18.2 Å². The molecule has 0 radical (unpaired) electrons. The van der Waals surface area contributed by atoms with Crippen LogP contribution < -0.4 is 0 Å². The van der Waals surface area contributed by atoms with E-state index in [1.807, 2.05) is 30.3 Å². The quantitative estimate of drug-likeness (QED) is 0.554. The van der Waals surface area contributed by atoms with E-state index in [0.29, 0.717) is 19.3 Å². The summed E-state index contributed by atoms with van der Waals surface area (Å²) < 4.78 is 0. The zero-order valence-corrected chi connectivity index (χ0v) is 10.5. The molecule has 0 aromatic heterocycles. The molecule has 0 fully saturated rings. The van der Waals surface area contributed by atoms with Gasteiger partial charge in [-0.3, -0.25) is 9.79 Å². The molecule has 0 aliphatic carbocycles. The molecule has 5 heteroatoms. The minimum absolute atomic E-state index is 0.0719. The minimum Gasteiger partial charge on any atom is -0.481 e. The van der Waals surface area contributed by atoms with E-state index in [0.717, 1.165) is 5.56 Å². The number of nitrogens with zero attached hydrogens (tertiary/aromatic N) is 1. The third-order valence-corrected chi connectivity index (χ3v) is 2.57. The SMILES string of the molecule is O=C(O)CCCC=N[C@@H](Cc1ccccc1)C(=O)O. The Balaban J connectivity index is 2.47. The summed E-state index contributed by atoms with van der Waals surface area (Å²) in [6.45, 7) is 0. The second-order valence-corrected chi connectivity index (χ2v) is 4.16. The first kappa shape index (κ1) is 14.9. The molecule has 0 amide bonds. The first-order valence-electron chi connectivity index (χ1n) is 6.09. The number of rotatable bonds is 8. The zero-order chi connectivity index (χ0) is 14.1. The highest BCUT2D eigenvalue weighted by Crippen LogP contribution is 2.06. The van der Waals surface area contributed by atoms with Gasteiger partial charge < -0.3 is 10.2 Å². The standard InChI is InChI=1S/C14H17NO4/c16-13(17)8-4-5-9-15-12(14(18)19)10-11-6-2-1-3-7-11/h1-3,6-7,9,12H,4-5,8,10H2,(H,16,17)(H,18,19)/t12-/m0/s1. The van der Waals surface area contributed by atoms with Crippen molar-refractivity contribution in [1.82, 2.24) is 0 Å². The highest BCUT2D eigenvalue weighted by atomic mass is 16.4. The molecule has 0 aliphatic heterocycles. The van der Waals surface area contributed by atoms with E-state index in [2.05, 4.69) is 4.99 Å². The molecule has 102 valence electrons. The zero-order valence-electron chi connectivity index (χ0n) is 10.5. The van der Waals surface area contributed by atoms with Crippen molar-refractivity contribution in [1.29, 1.82) is 0 Å². The van der Waals surface area contributed by atoms with E-state index in [1.165, 1.54) is 6.21 Å². The van der Waals surface area contributed by atoms with Gasteiger partial charge in [-0.1, -0.05) is 30.3 Å². The number of carboxylic acids is 2. The molecule has 1 atom stereocenters. The number of carbonyl (C=O) groups is 2. The molecule has 1 aromatic carbocycles. The summed E-state index contributed by atoms with van der Waals surface area (Å²) in [6.07, 6.45) is 2.86. The van der Waals surface area contributed by atoms with Crippen molar-refractivity contribution in [2.45, 2.75) is 31.7 Å². The van der Waals surface area contributed by atoms with E-state index in [1.54, 1.807) is 0 Å². The Labute approximate surface area is 111 Å². The summed E-state index contributed by atoms with van der Waals surface area (Å²) in [6, 6.07) is 8.47. The van der Waals surface area contributed by atoms with Crippen LogP contribution in [0.25, 0.3) is 0 Å². The van der Waals surface area contributed by atoms with Crippen molar-refractivity contribution < 1.29 is 19.8 Å². The predicted octanol–water partition coefficient (Wildman–Crippen LogP) is 2.01. The molecule has 2 N–H and O–H groups in total. The molecule has 0 unspecified atom stereocenters. The van der Waals surface area contributed by atoms with Crippen LogP contribution in [0.4, 0.5) is 0 Å². The van der Waals surface area contributed by atoms with Crippen molar-refractivity contribution in [3.05, 3.63) is 35.9 Å². The highest BCUT2D eigenvalue weighted by molar-refractivity contribution is 5.76. The van der Waals surface area contributed by atoms with Crippen molar-refractivity contribution in [3.63, 3.8) is 0 Å². The summed E-state index contributed by atoms with van der Waals surface area (Å²) in [5, 5.41) is 17.5. The van der Waals surface area contributed by atoms with Crippen LogP contribution in [0.1, 0.15) is 24.8 Å². The molecule has 0 heterocycles. The lowest BCUT2D eigenvalue weighted by molar-refractivity contribution is -0.139. The lowest BCUT2D eigenvalue weighted by Gasteiger charge is -2.07. The number of aliphatic carboxylic acids is 2. The lowest BCUT2D eigenvalue weighted by atomic mass is 10.1. The van der Waals surface area contributed by atoms with Crippen LogP contribution in [0.15, 0.2) is 35.3 Å². The summed E-state index contributed by atoms with van der Waals surface area (Å²) in [5.74, 6) is -1.83. The molecular weight excluding hydrogens is 246 g/mol. The van der Waals surface area contributed by atoms with Gasteiger partial charge in [0.25, 0.3) is 0 Å². The largest absolute Gasteiger partial charge is 0.481 e. The second kappa shape index (κ2) is 8.02. The molecule has 0 aliphatic rings. The van der Waals surface area contributed by atoms with Gasteiger partial charge in [-0.15, -0.1) is 0 Å². The van der Waals surface area contributed by atoms with Gasteiger partial charge in [0.2, 0.25) is 0 Å². The van der Waals surface area contributed by atoms with E-state index >= 15 is 0 Å². The van der Waals surface area contributed by atoms with E-state index in [-0.39, 0.29) is 6.42 Å². The third kappa shape index (κ3) is 6.35. The molecule has 1 aromatic rings. The van der Waals surface area contributed by atoms with Gasteiger partial charge in [-0.05, 0) is 24.6 Å². The summed E-state index contributed by atoms with van der Waals surface area (Å²) >= 11 is 0. The number of hydrogen-bond acceptors (Lipinski definition) is 3. The second-order valence-electron chi connectivity index (χ2n) is 4.16. The molecule has 19 heavy (non-hydrogen) atoms. The molecular formula is C14H17NO4. The number of hydrogen-bond donors (Lipinski definition) is 2. The Morgan fingerprint density at radius 1 is 1.21 bits per heavy atom. The third-order valence-electron chi connectivity index (χ3n) is 2.57. The van der Waals surface area contributed by atoms with Crippen LogP contribution in [0, 0.1) is 0 Å². The summed E-state index contributed by atoms with van der Waals surface area (Å²) in [4.78, 5) is 25.4. The minimum atomic E-state index is -0.974. The maximum atomic E-state index is 11.1. The molecule has 0 spiro atoms. The van der Waals surface area contributed by atoms with Crippen molar-refractivity contribution in [3.8, 4) is 0 Å². The van der Waals surface area contributed by atoms with Crippen LogP contribution in [-0.4, -0.2) is 34.4 Å². The lowest BCUT2D eigenvalue weighted by Crippen LogP contribution is -2.20. The van der Waals surface area contributed by atoms with Gasteiger partial charge in [-0.25, -0.2) is 4.79 Å². The van der Waals surface area contributed by atoms with Crippen LogP contribution in [0.5, 0.6) is 0 Å².